The summed E-state index contributed by atoms with van der Waals surface area (Å²) in [6, 6.07) is 22.8. The predicted molar refractivity (Wildman–Crippen MR) is 256 cm³/mol. The van der Waals surface area contributed by atoms with Crippen molar-refractivity contribution in [1.29, 1.82) is 0 Å². The zero-order valence-electron chi connectivity index (χ0n) is 37.3. The van der Waals surface area contributed by atoms with Gasteiger partial charge in [-0.3, -0.25) is 19.5 Å². The number of pyridine rings is 1. The van der Waals surface area contributed by atoms with Gasteiger partial charge in [0.2, 0.25) is 0 Å². The Kier molecular flexibility index (Phi) is 11.6. The van der Waals surface area contributed by atoms with E-state index in [1.807, 2.05) is 42.6 Å². The van der Waals surface area contributed by atoms with Crippen LogP contribution in [-0.4, -0.2) is 126 Å². The van der Waals surface area contributed by atoms with Crippen molar-refractivity contribution in [2.75, 3.05) is 70.9 Å². The molecule has 10 rings (SSSR count). The maximum absolute atomic E-state index is 14.3. The van der Waals surface area contributed by atoms with Crippen LogP contribution in [0.5, 0.6) is 0 Å². The summed E-state index contributed by atoms with van der Waals surface area (Å²) in [4.78, 5) is 44.6. The second kappa shape index (κ2) is 17.4. The summed E-state index contributed by atoms with van der Waals surface area (Å²) in [6.45, 7) is 13.1. The van der Waals surface area contributed by atoms with Crippen molar-refractivity contribution < 1.29 is 18.0 Å². The first-order valence-electron chi connectivity index (χ1n) is 22.7. The summed E-state index contributed by atoms with van der Waals surface area (Å²) >= 11 is 6.27. The molecule has 14 nitrogen and oxygen atoms in total. The number of amides is 1. The molecule has 2 saturated heterocycles. The van der Waals surface area contributed by atoms with E-state index < -0.39 is 15.9 Å². The molecule has 3 fully saturated rings. The number of sulfonamides is 1. The molecule has 1 amide bonds. The molecule has 0 atom stereocenters. The lowest BCUT2D eigenvalue weighted by molar-refractivity contribution is -0.429. The Balaban J connectivity index is 0.902. The first-order valence-corrected chi connectivity index (χ1v) is 24.6. The highest BCUT2D eigenvalue weighted by Crippen LogP contribution is 2.43. The third-order valence-electron chi connectivity index (χ3n) is 13.8. The second-order valence-electron chi connectivity index (χ2n) is 19.0. The van der Waals surface area contributed by atoms with Gasteiger partial charge in [0.15, 0.2) is 7.05 Å². The van der Waals surface area contributed by atoms with Crippen LogP contribution in [0.15, 0.2) is 95.7 Å². The van der Waals surface area contributed by atoms with E-state index in [0.29, 0.717) is 39.7 Å². The standard InChI is InChI=1S/C49H55ClN10O4S/c1-49(2)16-14-35(42(29-49)33-4-7-37(50)8-5-33)31-56-20-24-59(25-21-56)39-11-13-41(45(27-39)60-46-26-34-15-17-51-47(34)53-43(46)30-52-60)48(61)54-65(63,64)40-12-6-36(44(28-40)55(3)62)32-57-18-22-58(23-19-57)38-9-10-38/h4-8,11-13,15,17,26-28,30,38H,9-10,14,16,18-25,29,31-32H2,1-3H3,(H-,51,52,53,54,61)/p+1. The number of nitroso groups, excluding NO2 is 1. The van der Waals surface area contributed by atoms with Gasteiger partial charge in [0.05, 0.1) is 27.9 Å². The van der Waals surface area contributed by atoms with Crippen LogP contribution in [0.3, 0.4) is 0 Å². The lowest BCUT2D eigenvalue weighted by Gasteiger charge is -2.39. The predicted octanol–water partition coefficient (Wildman–Crippen LogP) is 7.78. The summed E-state index contributed by atoms with van der Waals surface area (Å²) in [7, 11) is -3.04. The van der Waals surface area contributed by atoms with Crippen LogP contribution in [0.1, 0.15) is 67.4 Å². The normalized spacial score (nSPS) is 19.0. The molecule has 65 heavy (non-hydrogen) atoms. The van der Waals surface area contributed by atoms with Gasteiger partial charge >= 0.3 is 0 Å². The fraction of sp³-hybridized carbons (Fsp3) is 0.408. The number of H-pyrrole nitrogens is 1. The van der Waals surface area contributed by atoms with E-state index in [4.69, 9.17) is 21.7 Å². The molecule has 0 bridgehead atoms. The number of benzene rings is 3. The number of anilines is 1. The number of nitrogens with one attached hydrogen (secondary N) is 2. The fourth-order valence-electron chi connectivity index (χ4n) is 9.94. The summed E-state index contributed by atoms with van der Waals surface area (Å²) < 4.78 is 32.7. The fourth-order valence-corrected chi connectivity index (χ4v) is 11.1. The number of hydrogen-bond donors (Lipinski definition) is 2. The minimum atomic E-state index is -4.41. The van der Waals surface area contributed by atoms with Crippen LogP contribution in [0.2, 0.25) is 5.02 Å². The maximum Gasteiger partial charge on any atom is 0.267 e. The lowest BCUT2D eigenvalue weighted by atomic mass is 9.72. The van der Waals surface area contributed by atoms with Crippen LogP contribution in [0, 0.1) is 10.3 Å². The van der Waals surface area contributed by atoms with Gasteiger partial charge in [0.1, 0.15) is 11.2 Å². The van der Waals surface area contributed by atoms with E-state index in [-0.39, 0.29) is 21.6 Å². The van der Waals surface area contributed by atoms with Gasteiger partial charge in [-0.1, -0.05) is 43.2 Å². The van der Waals surface area contributed by atoms with Crippen LogP contribution < -0.4 is 9.62 Å². The molecule has 0 unspecified atom stereocenters. The Morgan fingerprint density at radius 2 is 1.65 bits per heavy atom. The van der Waals surface area contributed by atoms with E-state index in [2.05, 4.69) is 55.3 Å². The van der Waals surface area contributed by atoms with Crippen molar-refractivity contribution >= 4 is 66.5 Å². The first kappa shape index (κ1) is 43.4. The summed E-state index contributed by atoms with van der Waals surface area (Å²) in [5.41, 5.74) is 8.85. The molecule has 3 aromatic carbocycles. The number of allylic oxidation sites excluding steroid dienone is 1. The topological polar surface area (TPSA) is 143 Å². The molecule has 338 valence electrons. The van der Waals surface area contributed by atoms with E-state index in [1.54, 1.807) is 23.0 Å². The van der Waals surface area contributed by atoms with Gasteiger partial charge in [-0.05, 0) is 103 Å². The average molecular weight is 917 g/mol. The first-order chi connectivity index (χ1) is 31.3. The van der Waals surface area contributed by atoms with Gasteiger partial charge < -0.3 is 9.88 Å². The minimum absolute atomic E-state index is 0.125. The Hall–Kier alpha value is -5.45. The summed E-state index contributed by atoms with van der Waals surface area (Å²) in [5, 5.41) is 6.32. The highest BCUT2D eigenvalue weighted by atomic mass is 35.5. The zero-order chi connectivity index (χ0) is 45.0. The van der Waals surface area contributed by atoms with E-state index >= 15 is 0 Å². The number of halogens is 1. The molecule has 6 aromatic rings. The van der Waals surface area contributed by atoms with E-state index in [9.17, 15) is 18.1 Å². The third kappa shape index (κ3) is 9.21. The molecule has 4 aliphatic rings. The van der Waals surface area contributed by atoms with Crippen LogP contribution in [0.4, 0.5) is 11.4 Å². The van der Waals surface area contributed by atoms with Gasteiger partial charge in [-0.25, -0.2) is 22.8 Å². The third-order valence-corrected chi connectivity index (χ3v) is 15.4. The molecule has 2 aliphatic heterocycles. The Morgan fingerprint density at radius 3 is 2.38 bits per heavy atom. The number of aromatic nitrogens is 4. The van der Waals surface area contributed by atoms with Gasteiger partial charge in [-0.2, -0.15) is 5.10 Å². The van der Waals surface area contributed by atoms with Crippen molar-refractivity contribution in [3.05, 3.63) is 117 Å². The number of carbonyl (C=O) groups is 1. The number of carbonyl (C=O) groups excluding carboxylic acids is 1. The zero-order valence-corrected chi connectivity index (χ0v) is 38.8. The Bertz CT molecular complexity index is 2940. The summed E-state index contributed by atoms with van der Waals surface area (Å²) in [6.07, 6.45) is 9.25. The smallest absolute Gasteiger partial charge is 0.267 e. The van der Waals surface area contributed by atoms with Crippen molar-refractivity contribution in [3.8, 4) is 5.69 Å². The molecule has 5 heterocycles. The van der Waals surface area contributed by atoms with Crippen molar-refractivity contribution in [2.24, 2.45) is 5.41 Å². The lowest BCUT2D eigenvalue weighted by Crippen LogP contribution is -2.47. The van der Waals surface area contributed by atoms with Crippen molar-refractivity contribution in [1.82, 2.24) is 39.2 Å². The molecule has 16 heteroatoms. The maximum atomic E-state index is 14.3. The second-order valence-corrected chi connectivity index (χ2v) is 21.1. The van der Waals surface area contributed by atoms with Crippen LogP contribution in [-0.2, 0) is 16.6 Å². The van der Waals surface area contributed by atoms with Gasteiger partial charge in [0.25, 0.3) is 21.6 Å². The number of aromatic amines is 1. The number of fused-ring (bicyclic) bond motifs is 2. The van der Waals surface area contributed by atoms with Crippen LogP contribution in [0.25, 0.3) is 33.3 Å². The number of hydrogen-bond acceptors (Lipinski definition) is 10. The molecular weight excluding hydrogens is 860 g/mol. The minimum Gasteiger partial charge on any atom is -0.369 e. The Morgan fingerprint density at radius 1 is 0.908 bits per heavy atom. The number of piperazine rings is 2. The molecular formula is C49H56ClN10O4S+. The molecule has 0 radical (unpaired) electrons. The molecule has 1 saturated carbocycles. The average Bonchev–Trinajstić information content (AvgIpc) is 3.91. The number of nitrogens with zero attached hydrogens (tertiary/aromatic N) is 8. The van der Waals surface area contributed by atoms with Crippen molar-refractivity contribution in [2.45, 2.75) is 63.4 Å². The van der Waals surface area contributed by atoms with Gasteiger partial charge in [-0.15, -0.1) is 0 Å². The monoisotopic (exact) mass is 915 g/mol. The highest BCUT2D eigenvalue weighted by molar-refractivity contribution is 7.90. The van der Waals surface area contributed by atoms with Crippen molar-refractivity contribution in [3.63, 3.8) is 0 Å². The van der Waals surface area contributed by atoms with Gasteiger partial charge in [0, 0.05) is 115 Å². The molecule has 3 aromatic heterocycles. The van der Waals surface area contributed by atoms with E-state index in [1.165, 1.54) is 48.7 Å². The molecule has 2 aliphatic carbocycles. The van der Waals surface area contributed by atoms with E-state index in [0.717, 1.165) is 99.8 Å². The summed E-state index contributed by atoms with van der Waals surface area (Å²) in [5.74, 6) is -0.814. The number of rotatable bonds is 12. The SMILES string of the molecule is C[N+](=O)c1cc(S(=O)(=O)NC(=O)c2ccc(N3CCN(CC4=C(c5ccc(Cl)cc5)CC(C)(C)CC4)CC3)cc2-n2ncc3nc4[nH]ccc4cc32)ccc1CN1CCN(C2CC2)CC1. The Labute approximate surface area is 384 Å². The molecule has 0 spiro atoms. The molecule has 2 N–H and O–H groups in total. The van der Waals surface area contributed by atoms with Crippen LogP contribution >= 0.6 is 11.6 Å². The largest absolute Gasteiger partial charge is 0.369 e. The quantitative estimate of drug-likeness (QED) is 0.117. The highest BCUT2D eigenvalue weighted by Gasteiger charge is 2.33.